The molecular formula is C14H26N2O. The lowest BCUT2D eigenvalue weighted by atomic mass is 9.87. The zero-order valence-electron chi connectivity index (χ0n) is 11.3. The normalized spacial score (nSPS) is 31.4. The maximum Gasteiger partial charge on any atom is 0.137 e. The largest absolute Gasteiger partial charge is 0.306 e. The Morgan fingerprint density at radius 3 is 2.76 bits per heavy atom. The molecule has 2 atom stereocenters. The van der Waals surface area contributed by atoms with Gasteiger partial charge in [0.2, 0.25) is 0 Å². The van der Waals surface area contributed by atoms with Gasteiger partial charge >= 0.3 is 0 Å². The highest BCUT2D eigenvalue weighted by Crippen LogP contribution is 2.22. The average molecular weight is 238 g/mol. The van der Waals surface area contributed by atoms with Gasteiger partial charge in [-0.1, -0.05) is 6.42 Å². The summed E-state index contributed by atoms with van der Waals surface area (Å²) in [5.41, 5.74) is 0. The zero-order chi connectivity index (χ0) is 12.3. The Morgan fingerprint density at radius 1 is 1.29 bits per heavy atom. The Balaban J connectivity index is 1.72. The summed E-state index contributed by atoms with van der Waals surface area (Å²) in [6.07, 6.45) is 5.63. The lowest BCUT2D eigenvalue weighted by Crippen LogP contribution is -2.35. The molecule has 17 heavy (non-hydrogen) atoms. The number of nitrogens with zero attached hydrogens (tertiary/aromatic N) is 2. The number of hydrogen-bond acceptors (Lipinski definition) is 3. The predicted molar refractivity (Wildman–Crippen MR) is 70.1 cm³/mol. The quantitative estimate of drug-likeness (QED) is 0.744. The summed E-state index contributed by atoms with van der Waals surface area (Å²) >= 11 is 0. The summed E-state index contributed by atoms with van der Waals surface area (Å²) < 4.78 is 0. The molecule has 2 aliphatic rings. The van der Waals surface area contributed by atoms with Crippen LogP contribution in [-0.4, -0.2) is 55.9 Å². The molecule has 1 saturated carbocycles. The molecule has 1 aliphatic heterocycles. The number of carbonyl (C=O) groups excluding carboxylic acids is 1. The van der Waals surface area contributed by atoms with Gasteiger partial charge < -0.3 is 9.80 Å². The Labute approximate surface area is 105 Å². The van der Waals surface area contributed by atoms with E-state index in [1.54, 1.807) is 0 Å². The Hall–Kier alpha value is -0.410. The molecular weight excluding hydrogens is 212 g/mol. The minimum atomic E-state index is 0.327. The lowest BCUT2D eigenvalue weighted by molar-refractivity contribution is -0.125. The highest BCUT2D eigenvalue weighted by Gasteiger charge is 2.25. The topological polar surface area (TPSA) is 23.6 Å². The number of Topliss-reactive ketones (excluding diaryl/α,β-unsaturated/α-hetero) is 1. The molecule has 0 spiro atoms. The van der Waals surface area contributed by atoms with E-state index in [2.05, 4.69) is 23.9 Å². The minimum absolute atomic E-state index is 0.327. The molecule has 2 rings (SSSR count). The van der Waals surface area contributed by atoms with Crippen LogP contribution in [0.25, 0.3) is 0 Å². The van der Waals surface area contributed by atoms with Crippen molar-refractivity contribution in [1.29, 1.82) is 0 Å². The van der Waals surface area contributed by atoms with E-state index in [1.165, 1.54) is 25.9 Å². The number of carbonyl (C=O) groups is 1. The van der Waals surface area contributed by atoms with Gasteiger partial charge in [0.25, 0.3) is 0 Å². The highest BCUT2D eigenvalue weighted by molar-refractivity contribution is 5.81. The molecule has 0 radical (unpaired) electrons. The molecule has 1 saturated heterocycles. The predicted octanol–water partition coefficient (Wildman–Crippen LogP) is 1.63. The molecule has 3 nitrogen and oxygen atoms in total. The van der Waals surface area contributed by atoms with E-state index in [0.717, 1.165) is 38.3 Å². The maximum absolute atomic E-state index is 11.8. The van der Waals surface area contributed by atoms with Crippen molar-refractivity contribution in [2.75, 3.05) is 40.3 Å². The van der Waals surface area contributed by atoms with Crippen LogP contribution in [0.3, 0.4) is 0 Å². The third-order valence-electron chi connectivity index (χ3n) is 4.27. The van der Waals surface area contributed by atoms with Crippen molar-refractivity contribution < 1.29 is 4.79 Å². The second kappa shape index (κ2) is 5.96. The molecule has 0 aromatic rings. The number of rotatable bonds is 4. The number of ketones is 1. The summed E-state index contributed by atoms with van der Waals surface area (Å²) in [7, 11) is 4.38. The second-order valence-corrected chi connectivity index (χ2v) is 6.05. The van der Waals surface area contributed by atoms with E-state index in [0.29, 0.717) is 11.7 Å². The third kappa shape index (κ3) is 3.78. The highest BCUT2D eigenvalue weighted by atomic mass is 16.1. The molecule has 2 fully saturated rings. The fourth-order valence-corrected chi connectivity index (χ4v) is 3.32. The molecule has 0 bridgehead atoms. The zero-order valence-corrected chi connectivity index (χ0v) is 11.3. The van der Waals surface area contributed by atoms with Gasteiger partial charge in [-0.25, -0.2) is 0 Å². The van der Waals surface area contributed by atoms with Crippen LogP contribution in [0, 0.1) is 11.8 Å². The fourth-order valence-electron chi connectivity index (χ4n) is 3.32. The van der Waals surface area contributed by atoms with E-state index in [4.69, 9.17) is 0 Å². The molecule has 3 heteroatoms. The SMILES string of the molecule is CN1CCC(CN(C)CC2CCCCC2=O)C1. The van der Waals surface area contributed by atoms with Crippen molar-refractivity contribution in [3.8, 4) is 0 Å². The van der Waals surface area contributed by atoms with Gasteiger partial charge in [-0.3, -0.25) is 4.79 Å². The molecule has 0 amide bonds. The standard InChI is InChI=1S/C14H26N2O/c1-15-8-7-12(9-15)10-16(2)11-13-5-3-4-6-14(13)17/h12-13H,3-11H2,1-2H3. The van der Waals surface area contributed by atoms with Gasteiger partial charge in [0, 0.05) is 32.0 Å². The van der Waals surface area contributed by atoms with Gasteiger partial charge in [-0.2, -0.15) is 0 Å². The average Bonchev–Trinajstić information content (AvgIpc) is 2.67. The minimum Gasteiger partial charge on any atom is -0.306 e. The van der Waals surface area contributed by atoms with Crippen molar-refractivity contribution in [3.63, 3.8) is 0 Å². The molecule has 98 valence electrons. The van der Waals surface area contributed by atoms with Crippen molar-refractivity contribution in [2.24, 2.45) is 11.8 Å². The molecule has 1 aliphatic carbocycles. The fraction of sp³-hybridized carbons (Fsp3) is 0.929. The first-order chi connectivity index (χ1) is 8.15. The summed E-state index contributed by atoms with van der Waals surface area (Å²) in [5.74, 6) is 1.64. The van der Waals surface area contributed by atoms with Crippen molar-refractivity contribution in [2.45, 2.75) is 32.1 Å². The van der Waals surface area contributed by atoms with Crippen molar-refractivity contribution in [3.05, 3.63) is 0 Å². The van der Waals surface area contributed by atoms with Crippen molar-refractivity contribution in [1.82, 2.24) is 9.80 Å². The monoisotopic (exact) mass is 238 g/mol. The Kier molecular flexibility index (Phi) is 4.57. The molecule has 0 aromatic carbocycles. The summed E-state index contributed by atoms with van der Waals surface area (Å²) in [6.45, 7) is 4.61. The molecule has 0 N–H and O–H groups in total. The smallest absolute Gasteiger partial charge is 0.137 e. The molecule has 0 aromatic heterocycles. The van der Waals surface area contributed by atoms with Gasteiger partial charge in [0.15, 0.2) is 0 Å². The van der Waals surface area contributed by atoms with Crippen LogP contribution in [0.5, 0.6) is 0 Å². The van der Waals surface area contributed by atoms with E-state index < -0.39 is 0 Å². The van der Waals surface area contributed by atoms with Crippen LogP contribution in [0.15, 0.2) is 0 Å². The Bertz CT molecular complexity index is 267. The van der Waals surface area contributed by atoms with E-state index >= 15 is 0 Å². The van der Waals surface area contributed by atoms with Gasteiger partial charge in [0.05, 0.1) is 0 Å². The summed E-state index contributed by atoms with van der Waals surface area (Å²) in [5, 5.41) is 0. The van der Waals surface area contributed by atoms with E-state index in [1.807, 2.05) is 0 Å². The second-order valence-electron chi connectivity index (χ2n) is 6.05. The summed E-state index contributed by atoms with van der Waals surface area (Å²) in [4.78, 5) is 16.6. The van der Waals surface area contributed by atoms with Gasteiger partial charge in [-0.15, -0.1) is 0 Å². The van der Waals surface area contributed by atoms with Crippen LogP contribution in [0.1, 0.15) is 32.1 Å². The van der Waals surface area contributed by atoms with Crippen LogP contribution in [0.2, 0.25) is 0 Å². The first-order valence-electron chi connectivity index (χ1n) is 7.05. The van der Waals surface area contributed by atoms with Crippen molar-refractivity contribution >= 4 is 5.78 Å². The van der Waals surface area contributed by atoms with E-state index in [-0.39, 0.29) is 0 Å². The van der Waals surface area contributed by atoms with Gasteiger partial charge in [-0.05, 0) is 45.8 Å². The van der Waals surface area contributed by atoms with Gasteiger partial charge in [0.1, 0.15) is 5.78 Å². The maximum atomic E-state index is 11.8. The molecule has 2 unspecified atom stereocenters. The molecule has 1 heterocycles. The lowest BCUT2D eigenvalue weighted by Gasteiger charge is -2.27. The van der Waals surface area contributed by atoms with Crippen LogP contribution in [-0.2, 0) is 4.79 Å². The Morgan fingerprint density at radius 2 is 2.12 bits per heavy atom. The van der Waals surface area contributed by atoms with E-state index in [9.17, 15) is 4.79 Å². The summed E-state index contributed by atoms with van der Waals surface area (Å²) in [6, 6.07) is 0. The first-order valence-corrected chi connectivity index (χ1v) is 7.05. The van der Waals surface area contributed by atoms with Crippen LogP contribution >= 0.6 is 0 Å². The number of hydrogen-bond donors (Lipinski definition) is 0. The van der Waals surface area contributed by atoms with Crippen LogP contribution in [0.4, 0.5) is 0 Å². The first kappa shape index (κ1) is 13.0. The van der Waals surface area contributed by atoms with Crippen LogP contribution < -0.4 is 0 Å². The number of likely N-dealkylation sites (tertiary alicyclic amines) is 1. The third-order valence-corrected chi connectivity index (χ3v) is 4.27.